The summed E-state index contributed by atoms with van der Waals surface area (Å²) in [4.78, 5) is 17.2. The number of aromatic nitrogens is 1. The largest absolute Gasteiger partial charge is 0.381 e. The Labute approximate surface area is 169 Å². The number of rotatable bonds is 4. The van der Waals surface area contributed by atoms with Crippen molar-refractivity contribution in [3.8, 4) is 11.3 Å². The molecular weight excluding hydrogens is 380 g/mol. The van der Waals surface area contributed by atoms with Crippen LogP contribution >= 0.6 is 22.9 Å². The predicted octanol–water partition coefficient (Wildman–Crippen LogP) is 5.64. The minimum absolute atomic E-state index is 0.105. The maximum atomic E-state index is 12.7. The molecule has 4 nitrogen and oxygen atoms in total. The highest BCUT2D eigenvalue weighted by Crippen LogP contribution is 2.38. The van der Waals surface area contributed by atoms with Gasteiger partial charge in [0, 0.05) is 35.1 Å². The van der Waals surface area contributed by atoms with Crippen molar-refractivity contribution in [1.82, 2.24) is 4.98 Å². The van der Waals surface area contributed by atoms with Crippen LogP contribution in [0.4, 0.5) is 5.13 Å². The number of halogens is 1. The van der Waals surface area contributed by atoms with Crippen molar-refractivity contribution in [2.75, 3.05) is 18.5 Å². The average molecular weight is 405 g/mol. The van der Waals surface area contributed by atoms with Crippen LogP contribution in [0, 0.1) is 17.8 Å². The molecule has 0 spiro atoms. The fourth-order valence-electron chi connectivity index (χ4n) is 4.37. The smallest absolute Gasteiger partial charge is 0.229 e. The number of anilines is 1. The molecule has 1 aromatic carbocycles. The first kappa shape index (κ1) is 18.9. The van der Waals surface area contributed by atoms with Crippen LogP contribution in [0.3, 0.4) is 0 Å². The minimum Gasteiger partial charge on any atom is -0.381 e. The molecule has 144 valence electrons. The maximum absolute atomic E-state index is 12.7. The molecule has 0 unspecified atom stereocenters. The third kappa shape index (κ3) is 4.53. The van der Waals surface area contributed by atoms with Gasteiger partial charge in [-0.15, -0.1) is 11.3 Å². The molecule has 0 bridgehead atoms. The fraction of sp³-hybridized carbons (Fsp3) is 0.524. The number of nitrogens with one attached hydrogen (secondary N) is 1. The van der Waals surface area contributed by atoms with Crippen LogP contribution in [-0.4, -0.2) is 24.1 Å². The third-order valence-electron chi connectivity index (χ3n) is 5.96. The van der Waals surface area contributed by atoms with E-state index in [1.165, 1.54) is 24.2 Å². The van der Waals surface area contributed by atoms with Gasteiger partial charge in [0.1, 0.15) is 0 Å². The zero-order valence-corrected chi connectivity index (χ0v) is 16.9. The lowest BCUT2D eigenvalue weighted by Gasteiger charge is -2.35. The van der Waals surface area contributed by atoms with Gasteiger partial charge < -0.3 is 10.1 Å². The number of hydrogen-bond acceptors (Lipinski definition) is 4. The molecule has 2 aliphatic rings. The summed E-state index contributed by atoms with van der Waals surface area (Å²) >= 11 is 7.70. The molecule has 6 heteroatoms. The first-order valence-corrected chi connectivity index (χ1v) is 11.1. The second-order valence-electron chi connectivity index (χ2n) is 7.57. The summed E-state index contributed by atoms with van der Waals surface area (Å²) in [6.45, 7) is 1.81. The minimum atomic E-state index is 0.105. The van der Waals surface area contributed by atoms with E-state index in [-0.39, 0.29) is 11.8 Å². The average Bonchev–Trinajstić information content (AvgIpc) is 3.17. The van der Waals surface area contributed by atoms with E-state index in [2.05, 4.69) is 10.3 Å². The van der Waals surface area contributed by atoms with E-state index in [0.717, 1.165) is 62.0 Å². The predicted molar refractivity (Wildman–Crippen MR) is 110 cm³/mol. The van der Waals surface area contributed by atoms with Crippen molar-refractivity contribution >= 4 is 34.0 Å². The van der Waals surface area contributed by atoms with Crippen molar-refractivity contribution in [2.24, 2.45) is 17.8 Å². The number of carbonyl (C=O) groups is 1. The van der Waals surface area contributed by atoms with Gasteiger partial charge in [0.2, 0.25) is 5.91 Å². The standard InChI is InChI=1S/C21H25ClN2O2S/c22-18-4-2-1-3-17(18)19-13-27-21(23-19)24-20(25)16-7-5-14(6-8-16)15-9-11-26-12-10-15/h1-4,13-16H,5-12H2,(H,23,24,25). The Hall–Kier alpha value is -1.43. The van der Waals surface area contributed by atoms with Crippen molar-refractivity contribution in [3.63, 3.8) is 0 Å². The number of benzene rings is 1. The van der Waals surface area contributed by atoms with Crippen LogP contribution in [0.15, 0.2) is 29.6 Å². The summed E-state index contributed by atoms with van der Waals surface area (Å²) in [5.74, 6) is 1.78. The second-order valence-corrected chi connectivity index (χ2v) is 8.83. The lowest BCUT2D eigenvalue weighted by Crippen LogP contribution is -2.31. The van der Waals surface area contributed by atoms with Crippen molar-refractivity contribution < 1.29 is 9.53 Å². The molecule has 1 amide bonds. The Morgan fingerprint density at radius 2 is 1.78 bits per heavy atom. The molecule has 1 N–H and O–H groups in total. The third-order valence-corrected chi connectivity index (χ3v) is 7.05. The van der Waals surface area contributed by atoms with Gasteiger partial charge in [-0.3, -0.25) is 4.79 Å². The van der Waals surface area contributed by atoms with Crippen LogP contribution in [0.1, 0.15) is 38.5 Å². The van der Waals surface area contributed by atoms with Crippen LogP contribution < -0.4 is 5.32 Å². The molecule has 1 saturated carbocycles. The highest BCUT2D eigenvalue weighted by atomic mass is 35.5. The molecule has 1 aromatic heterocycles. The number of ether oxygens (including phenoxy) is 1. The van der Waals surface area contributed by atoms with Gasteiger partial charge in [0.05, 0.1) is 5.69 Å². The molecule has 2 fully saturated rings. The summed E-state index contributed by atoms with van der Waals surface area (Å²) < 4.78 is 5.48. The molecule has 2 aromatic rings. The molecule has 27 heavy (non-hydrogen) atoms. The molecule has 0 atom stereocenters. The number of thiazole rings is 1. The van der Waals surface area contributed by atoms with E-state index < -0.39 is 0 Å². The van der Waals surface area contributed by atoms with Crippen LogP contribution in [0.5, 0.6) is 0 Å². The molecule has 2 heterocycles. The zero-order chi connectivity index (χ0) is 18.6. The van der Waals surface area contributed by atoms with Gasteiger partial charge in [-0.25, -0.2) is 4.98 Å². The van der Waals surface area contributed by atoms with Crippen LogP contribution in [0.2, 0.25) is 5.02 Å². The van der Waals surface area contributed by atoms with E-state index in [0.29, 0.717) is 10.2 Å². The number of amides is 1. The van der Waals surface area contributed by atoms with Gasteiger partial charge in [-0.2, -0.15) is 0 Å². The summed E-state index contributed by atoms with van der Waals surface area (Å²) in [5.41, 5.74) is 1.71. The first-order valence-electron chi connectivity index (χ1n) is 9.80. The zero-order valence-electron chi connectivity index (χ0n) is 15.3. The van der Waals surface area contributed by atoms with Gasteiger partial charge in [0.15, 0.2) is 5.13 Å². The lowest BCUT2D eigenvalue weighted by molar-refractivity contribution is -0.121. The molecule has 1 saturated heterocycles. The number of nitrogens with zero attached hydrogens (tertiary/aromatic N) is 1. The Morgan fingerprint density at radius 3 is 2.52 bits per heavy atom. The number of carbonyl (C=O) groups excluding carboxylic acids is 1. The molecule has 1 aliphatic heterocycles. The first-order chi connectivity index (χ1) is 13.2. The molecule has 0 radical (unpaired) electrons. The van der Waals surface area contributed by atoms with Crippen LogP contribution in [-0.2, 0) is 9.53 Å². The Morgan fingerprint density at radius 1 is 1.07 bits per heavy atom. The number of hydrogen-bond donors (Lipinski definition) is 1. The van der Waals surface area contributed by atoms with Gasteiger partial charge in [0.25, 0.3) is 0 Å². The maximum Gasteiger partial charge on any atom is 0.229 e. The van der Waals surface area contributed by atoms with Crippen LogP contribution in [0.25, 0.3) is 11.3 Å². The summed E-state index contributed by atoms with van der Waals surface area (Å²) in [7, 11) is 0. The highest BCUT2D eigenvalue weighted by Gasteiger charge is 2.31. The van der Waals surface area contributed by atoms with E-state index in [1.54, 1.807) is 0 Å². The van der Waals surface area contributed by atoms with Crippen molar-refractivity contribution in [2.45, 2.75) is 38.5 Å². The molecule has 4 rings (SSSR count). The monoisotopic (exact) mass is 404 g/mol. The summed E-state index contributed by atoms with van der Waals surface area (Å²) in [6.07, 6.45) is 6.65. The van der Waals surface area contributed by atoms with E-state index in [4.69, 9.17) is 16.3 Å². The Bertz CT molecular complexity index is 780. The quantitative estimate of drug-likeness (QED) is 0.717. The Kier molecular flexibility index (Phi) is 6.11. The summed E-state index contributed by atoms with van der Waals surface area (Å²) in [5, 5.41) is 6.29. The molecule has 1 aliphatic carbocycles. The van der Waals surface area contributed by atoms with Gasteiger partial charge >= 0.3 is 0 Å². The van der Waals surface area contributed by atoms with Crippen molar-refractivity contribution in [3.05, 3.63) is 34.7 Å². The summed E-state index contributed by atoms with van der Waals surface area (Å²) in [6, 6.07) is 7.64. The topological polar surface area (TPSA) is 51.2 Å². The SMILES string of the molecule is O=C(Nc1nc(-c2ccccc2Cl)cs1)C1CCC(C2CCOCC2)CC1. The van der Waals surface area contributed by atoms with E-state index >= 15 is 0 Å². The Balaban J connectivity index is 1.32. The van der Waals surface area contributed by atoms with Crippen molar-refractivity contribution in [1.29, 1.82) is 0 Å². The van der Waals surface area contributed by atoms with Gasteiger partial charge in [-0.1, -0.05) is 29.8 Å². The highest BCUT2D eigenvalue weighted by molar-refractivity contribution is 7.14. The second kappa shape index (κ2) is 8.72. The van der Waals surface area contributed by atoms with E-state index in [9.17, 15) is 4.79 Å². The normalized spacial score (nSPS) is 23.9. The fourth-order valence-corrected chi connectivity index (χ4v) is 5.32. The molecular formula is C21H25ClN2O2S. The lowest BCUT2D eigenvalue weighted by atomic mass is 9.73. The van der Waals surface area contributed by atoms with E-state index in [1.807, 2.05) is 29.6 Å². The van der Waals surface area contributed by atoms with Gasteiger partial charge in [-0.05, 0) is 56.4 Å².